The molecule has 1 unspecified atom stereocenters. The van der Waals surface area contributed by atoms with E-state index in [9.17, 15) is 4.79 Å². The molecule has 2 aliphatic rings. The lowest BCUT2D eigenvalue weighted by atomic mass is 9.74. The molecule has 3 heteroatoms. The second-order valence-corrected chi connectivity index (χ2v) is 5.68. The van der Waals surface area contributed by atoms with E-state index in [2.05, 4.69) is 11.1 Å². The van der Waals surface area contributed by atoms with E-state index in [1.165, 1.54) is 0 Å². The van der Waals surface area contributed by atoms with Gasteiger partial charge in [0.25, 0.3) is 0 Å². The van der Waals surface area contributed by atoms with Gasteiger partial charge in [-0.25, -0.2) is 0 Å². The molecule has 22 heavy (non-hydrogen) atoms. The third-order valence-electron chi connectivity index (χ3n) is 4.45. The second-order valence-electron chi connectivity index (χ2n) is 5.68. The van der Waals surface area contributed by atoms with Gasteiger partial charge in [-0.05, 0) is 41.0 Å². The number of benzene rings is 2. The van der Waals surface area contributed by atoms with Crippen molar-refractivity contribution in [2.45, 2.75) is 11.8 Å². The highest BCUT2D eigenvalue weighted by molar-refractivity contribution is 6.15. The van der Waals surface area contributed by atoms with Crippen LogP contribution in [0, 0.1) is 0 Å². The van der Waals surface area contributed by atoms with Crippen LogP contribution in [0.4, 0.5) is 5.69 Å². The third-order valence-corrected chi connectivity index (χ3v) is 4.45. The molecule has 1 aliphatic carbocycles. The van der Waals surface area contributed by atoms with Gasteiger partial charge in [0.2, 0.25) is 0 Å². The number of carbonyl (C=O) groups excluding carboxylic acids is 1. The Morgan fingerprint density at radius 2 is 1.86 bits per heavy atom. The summed E-state index contributed by atoms with van der Waals surface area (Å²) in [6.07, 6.45) is 4.14. The summed E-state index contributed by atoms with van der Waals surface area (Å²) < 4.78 is 5.21. The molecule has 0 bridgehead atoms. The van der Waals surface area contributed by atoms with E-state index in [0.29, 0.717) is 6.42 Å². The Morgan fingerprint density at radius 1 is 1.09 bits per heavy atom. The van der Waals surface area contributed by atoms with Gasteiger partial charge in [-0.3, -0.25) is 9.79 Å². The molecule has 1 heterocycles. The fraction of sp³-hybridized carbons (Fsp3) is 0.158. The van der Waals surface area contributed by atoms with Crippen LogP contribution in [0.25, 0.3) is 5.57 Å². The van der Waals surface area contributed by atoms with Crippen molar-refractivity contribution >= 4 is 23.3 Å². The molecular formula is C19H15NO2. The minimum atomic E-state index is -0.414. The third kappa shape index (κ3) is 1.75. The highest BCUT2D eigenvalue weighted by atomic mass is 16.5. The summed E-state index contributed by atoms with van der Waals surface area (Å²) in [4.78, 5) is 16.7. The maximum atomic E-state index is 12.2. The summed E-state index contributed by atoms with van der Waals surface area (Å²) in [7, 11) is 1.65. The lowest BCUT2D eigenvalue weighted by Gasteiger charge is -2.25. The number of rotatable bonds is 2. The Balaban J connectivity index is 1.86. The topological polar surface area (TPSA) is 38.7 Å². The Kier molecular flexibility index (Phi) is 2.76. The van der Waals surface area contributed by atoms with Gasteiger partial charge in [0.1, 0.15) is 5.75 Å². The molecule has 0 saturated heterocycles. The van der Waals surface area contributed by atoms with Crippen LogP contribution in [0.15, 0.2) is 59.6 Å². The molecule has 0 radical (unpaired) electrons. The van der Waals surface area contributed by atoms with Crippen LogP contribution < -0.4 is 4.74 Å². The SMILES string of the molecule is COc1ccc(C2=CC(=O)CC23C=Nc2ccccc23)cc1. The summed E-state index contributed by atoms with van der Waals surface area (Å²) >= 11 is 0. The number of ketones is 1. The van der Waals surface area contributed by atoms with Crippen molar-refractivity contribution in [1.29, 1.82) is 0 Å². The summed E-state index contributed by atoms with van der Waals surface area (Å²) in [5.41, 5.74) is 3.71. The molecule has 108 valence electrons. The zero-order valence-electron chi connectivity index (χ0n) is 12.2. The first-order valence-corrected chi connectivity index (χ1v) is 7.27. The Bertz CT molecular complexity index is 818. The summed E-state index contributed by atoms with van der Waals surface area (Å²) in [6, 6.07) is 15.9. The Labute approximate surface area is 129 Å². The zero-order chi connectivity index (χ0) is 15.2. The molecule has 1 atom stereocenters. The highest BCUT2D eigenvalue weighted by Gasteiger charge is 2.45. The van der Waals surface area contributed by atoms with Crippen LogP contribution in [0.3, 0.4) is 0 Å². The van der Waals surface area contributed by atoms with E-state index in [-0.39, 0.29) is 5.78 Å². The van der Waals surface area contributed by atoms with Crippen molar-refractivity contribution in [3.05, 3.63) is 65.7 Å². The second kappa shape index (κ2) is 4.67. The maximum absolute atomic E-state index is 12.2. The predicted molar refractivity (Wildman–Crippen MR) is 86.9 cm³/mol. The van der Waals surface area contributed by atoms with Crippen LogP contribution in [0.1, 0.15) is 17.5 Å². The van der Waals surface area contributed by atoms with Gasteiger partial charge in [0, 0.05) is 12.6 Å². The first-order valence-electron chi connectivity index (χ1n) is 7.27. The van der Waals surface area contributed by atoms with E-state index in [1.807, 2.05) is 48.7 Å². The minimum absolute atomic E-state index is 0.147. The number of methoxy groups -OCH3 is 1. The first kappa shape index (κ1) is 13.0. The molecular weight excluding hydrogens is 274 g/mol. The zero-order valence-corrected chi connectivity index (χ0v) is 12.2. The maximum Gasteiger partial charge on any atom is 0.157 e. The number of allylic oxidation sites excluding steroid dienone is 2. The number of ether oxygens (including phenoxy) is 1. The number of para-hydroxylation sites is 1. The number of hydrogen-bond acceptors (Lipinski definition) is 3. The van der Waals surface area contributed by atoms with Gasteiger partial charge in [-0.1, -0.05) is 30.3 Å². The molecule has 1 aliphatic heterocycles. The van der Waals surface area contributed by atoms with Gasteiger partial charge in [-0.2, -0.15) is 0 Å². The fourth-order valence-corrected chi connectivity index (χ4v) is 3.39. The summed E-state index contributed by atoms with van der Waals surface area (Å²) in [6.45, 7) is 0. The van der Waals surface area contributed by atoms with Crippen molar-refractivity contribution < 1.29 is 9.53 Å². The van der Waals surface area contributed by atoms with E-state index < -0.39 is 5.41 Å². The number of aliphatic imine (C=N–C) groups is 1. The molecule has 0 saturated carbocycles. The monoisotopic (exact) mass is 289 g/mol. The average Bonchev–Trinajstić information content (AvgIpc) is 3.09. The predicted octanol–water partition coefficient (Wildman–Crippen LogP) is 3.71. The lowest BCUT2D eigenvalue weighted by molar-refractivity contribution is -0.114. The van der Waals surface area contributed by atoms with Gasteiger partial charge < -0.3 is 4.74 Å². The molecule has 0 amide bonds. The van der Waals surface area contributed by atoms with Gasteiger partial charge >= 0.3 is 0 Å². The van der Waals surface area contributed by atoms with E-state index >= 15 is 0 Å². The number of fused-ring (bicyclic) bond motifs is 2. The lowest BCUT2D eigenvalue weighted by Crippen LogP contribution is -2.25. The van der Waals surface area contributed by atoms with Crippen molar-refractivity contribution in [2.75, 3.05) is 7.11 Å². The van der Waals surface area contributed by atoms with Crippen molar-refractivity contribution in [3.8, 4) is 5.75 Å². The van der Waals surface area contributed by atoms with Crippen molar-refractivity contribution in [1.82, 2.24) is 0 Å². The standard InChI is InChI=1S/C19H15NO2/c1-22-15-8-6-13(7-9-15)17-10-14(21)11-19(17)12-20-18-5-3-2-4-16(18)19/h2-10,12H,11H2,1H3. The van der Waals surface area contributed by atoms with Crippen molar-refractivity contribution in [3.63, 3.8) is 0 Å². The molecule has 0 N–H and O–H groups in total. The van der Waals surface area contributed by atoms with Crippen LogP contribution >= 0.6 is 0 Å². The normalized spacial score (nSPS) is 22.0. The van der Waals surface area contributed by atoms with Gasteiger partial charge in [0.05, 0.1) is 18.2 Å². The number of nitrogens with zero attached hydrogens (tertiary/aromatic N) is 1. The molecule has 3 nitrogen and oxygen atoms in total. The van der Waals surface area contributed by atoms with Gasteiger partial charge in [-0.15, -0.1) is 0 Å². The number of hydrogen-bond donors (Lipinski definition) is 0. The fourth-order valence-electron chi connectivity index (χ4n) is 3.39. The largest absolute Gasteiger partial charge is 0.497 e. The number of carbonyl (C=O) groups is 1. The van der Waals surface area contributed by atoms with Crippen molar-refractivity contribution in [2.24, 2.45) is 4.99 Å². The van der Waals surface area contributed by atoms with Crippen LogP contribution in [-0.4, -0.2) is 19.1 Å². The molecule has 0 fully saturated rings. The van der Waals surface area contributed by atoms with Crippen LogP contribution in [0.2, 0.25) is 0 Å². The Hall–Kier alpha value is -2.68. The van der Waals surface area contributed by atoms with Gasteiger partial charge in [0.15, 0.2) is 5.78 Å². The molecule has 0 aromatic heterocycles. The minimum Gasteiger partial charge on any atom is -0.497 e. The Morgan fingerprint density at radius 3 is 2.64 bits per heavy atom. The van der Waals surface area contributed by atoms with E-state index in [1.54, 1.807) is 13.2 Å². The quantitative estimate of drug-likeness (QED) is 0.845. The molecule has 4 rings (SSSR count). The first-order chi connectivity index (χ1) is 10.7. The van der Waals surface area contributed by atoms with Crippen LogP contribution in [0.5, 0.6) is 5.75 Å². The summed E-state index contributed by atoms with van der Waals surface area (Å²) in [5.74, 6) is 0.956. The van der Waals surface area contributed by atoms with E-state index in [4.69, 9.17) is 4.74 Å². The molecule has 2 aromatic rings. The average molecular weight is 289 g/mol. The molecule has 2 aromatic carbocycles. The molecule has 1 spiro atoms. The summed E-state index contributed by atoms with van der Waals surface area (Å²) in [5, 5.41) is 0. The highest BCUT2D eigenvalue weighted by Crippen LogP contribution is 2.50. The smallest absolute Gasteiger partial charge is 0.157 e. The van der Waals surface area contributed by atoms with Crippen LogP contribution in [-0.2, 0) is 10.2 Å². The van der Waals surface area contributed by atoms with E-state index in [0.717, 1.165) is 28.1 Å².